The van der Waals surface area contributed by atoms with Crippen molar-refractivity contribution >= 4 is 17.7 Å². The van der Waals surface area contributed by atoms with Crippen molar-refractivity contribution in [2.24, 2.45) is 17.8 Å². The van der Waals surface area contributed by atoms with Crippen LogP contribution in [0, 0.1) is 17.8 Å². The van der Waals surface area contributed by atoms with E-state index in [9.17, 15) is 80.8 Å². The van der Waals surface area contributed by atoms with Gasteiger partial charge in [-0.25, -0.2) is 0 Å². The Morgan fingerprint density at radius 2 is 1.29 bits per heavy atom. The van der Waals surface area contributed by atoms with E-state index in [1.807, 2.05) is 6.92 Å². The first-order chi connectivity index (χ1) is 39.4. The van der Waals surface area contributed by atoms with Gasteiger partial charge in [-0.3, -0.25) is 14.4 Å². The molecule has 0 saturated carbocycles. The number of fused-ring (bicyclic) bond motifs is 2. The highest BCUT2D eigenvalue weighted by molar-refractivity contribution is 5.85. The third-order valence-electron chi connectivity index (χ3n) is 15.3. The van der Waals surface area contributed by atoms with Crippen LogP contribution in [0.25, 0.3) is 0 Å². The summed E-state index contributed by atoms with van der Waals surface area (Å²) in [6.45, 7) is 5.75. The standard InChI is InChI=1S/C60H87NO22/c1-34-20-16-13-11-9-7-5-6-8-10-12-14-19-23-42(81-59-55(74)51(53(72)37(4)80-59)61-32-46(68)54(73)56-47(69)33-78-58(82-56)38-21-17-15-18-22-38)29-48-50(57(75)76)45(67)31-60(77,83-48)30-41(64)27-44(66)43(65)25-24-39(62)26-40(63)28-49(70)79-36(3)35(2)52(34)71/h5-23,34-37,39-45,47-48,50-56,58-59,61-67,69,71-74,77H,24-33H2,1-4H3,(H,75,76)/t34-,35-,36-,37+,39+,40+,41-,42-,43+,44+,45-,47+,48-,50+,51-,52+,53+,54?,55-,56?,58?,59-,60+/m0/s1. The molecule has 0 radical (unpaired) electrons. The lowest BCUT2D eigenvalue weighted by molar-refractivity contribution is -0.309. The average Bonchev–Trinajstić information content (AvgIpc) is 3.55. The molecule has 83 heavy (non-hydrogen) atoms. The molecule has 1 aromatic carbocycles. The Balaban J connectivity index is 1.35. The molecule has 2 bridgehead atoms. The Hall–Kier alpha value is -4.71. The SMILES string of the molecule is C[C@@H]1[C@H](O)[C@@H](C)C=CC=CC=CC=CC=CC=CC=C[C@H](O[C@@H]2O[C@H](C)[C@@H](O)[C@H](NCC(=O)C(O)C3OC(c4ccccc4)OC[C@H]3O)[C@@H]2O)C[C@@H]2O[C@](O)(C[C@@H](O)C[C@@H](O)[C@H](O)CC[C@@H](O)C[C@@H](O)CC(=O)O[C@H]1C)C[C@H](O)[C@H]2C(=O)O. The van der Waals surface area contributed by atoms with Gasteiger partial charge >= 0.3 is 11.9 Å². The molecule has 23 nitrogen and oxygen atoms in total. The second kappa shape index (κ2) is 33.8. The molecule has 3 unspecified atom stereocenters. The summed E-state index contributed by atoms with van der Waals surface area (Å²) in [4.78, 5) is 38.9. The number of benzene rings is 1. The van der Waals surface area contributed by atoms with Gasteiger partial charge in [0.1, 0.15) is 36.4 Å². The quantitative estimate of drug-likeness (QED) is 0.152. The number of aliphatic carboxylic acids is 1. The highest BCUT2D eigenvalue weighted by atomic mass is 16.7. The summed E-state index contributed by atoms with van der Waals surface area (Å²) in [6.07, 6.45) is -4.73. The van der Waals surface area contributed by atoms with Crippen LogP contribution in [-0.2, 0) is 42.8 Å². The highest BCUT2D eigenvalue weighted by Crippen LogP contribution is 2.38. The monoisotopic (exact) mass is 1170 g/mol. The first kappa shape index (κ1) is 69.1. The van der Waals surface area contributed by atoms with E-state index in [0.717, 1.165) is 0 Å². The van der Waals surface area contributed by atoms with Gasteiger partial charge < -0.3 is 100 Å². The smallest absolute Gasteiger partial charge is 0.311 e. The lowest BCUT2D eigenvalue weighted by Gasteiger charge is -2.45. The van der Waals surface area contributed by atoms with E-state index in [0.29, 0.717) is 5.56 Å². The third-order valence-corrected chi connectivity index (χ3v) is 15.3. The van der Waals surface area contributed by atoms with Crippen LogP contribution in [0.4, 0.5) is 0 Å². The molecule has 4 aliphatic rings. The maximum atomic E-state index is 13.4. The molecule has 4 aliphatic heterocycles. The van der Waals surface area contributed by atoms with Crippen LogP contribution in [0.1, 0.15) is 90.9 Å². The van der Waals surface area contributed by atoms with Gasteiger partial charge in [0.05, 0.1) is 92.8 Å². The summed E-state index contributed by atoms with van der Waals surface area (Å²) in [6, 6.07) is 7.32. The summed E-state index contributed by atoms with van der Waals surface area (Å²) in [7, 11) is 0. The maximum Gasteiger partial charge on any atom is 0.311 e. The number of rotatable bonds is 9. The molecule has 23 atom stereocenters. The number of Topliss-reactive ketones (excluding diaryl/α,β-unsaturated/α-hetero) is 1. The molecule has 4 heterocycles. The lowest BCUT2D eigenvalue weighted by atomic mass is 9.82. The topological polar surface area (TPSA) is 382 Å². The molecule has 14 N–H and O–H groups in total. The van der Waals surface area contributed by atoms with Gasteiger partial charge in [-0.15, -0.1) is 0 Å². The number of carbonyl (C=O) groups excluding carboxylic acids is 2. The fourth-order valence-corrected chi connectivity index (χ4v) is 10.3. The Labute approximate surface area is 483 Å². The summed E-state index contributed by atoms with van der Waals surface area (Å²) in [5.74, 6) is -8.04. The number of hydrogen-bond acceptors (Lipinski definition) is 22. The van der Waals surface area contributed by atoms with Crippen molar-refractivity contribution in [2.45, 2.75) is 201 Å². The molecule has 464 valence electrons. The van der Waals surface area contributed by atoms with Crippen LogP contribution in [0.5, 0.6) is 0 Å². The molecule has 0 aromatic heterocycles. The number of aliphatic hydroxyl groups is 12. The predicted octanol–water partition coefficient (Wildman–Crippen LogP) is 0.748. The number of ether oxygens (including phenoxy) is 6. The predicted molar refractivity (Wildman–Crippen MR) is 298 cm³/mol. The first-order valence-electron chi connectivity index (χ1n) is 28.3. The van der Waals surface area contributed by atoms with Gasteiger partial charge in [-0.2, -0.15) is 0 Å². The molecule has 5 rings (SSSR count). The number of carboxylic acid groups (broad SMARTS) is 1. The van der Waals surface area contributed by atoms with E-state index in [2.05, 4.69) is 5.32 Å². The van der Waals surface area contributed by atoms with E-state index >= 15 is 0 Å². The van der Waals surface area contributed by atoms with Gasteiger partial charge in [0.2, 0.25) is 0 Å². The van der Waals surface area contributed by atoms with Crippen molar-refractivity contribution in [3.8, 4) is 0 Å². The minimum Gasteiger partial charge on any atom is -0.481 e. The number of nitrogens with one attached hydrogen (secondary N) is 1. The average molecular weight is 1170 g/mol. The number of ketones is 1. The van der Waals surface area contributed by atoms with Crippen LogP contribution in [0.2, 0.25) is 0 Å². The van der Waals surface area contributed by atoms with Crippen molar-refractivity contribution < 1.29 is 109 Å². The highest BCUT2D eigenvalue weighted by Gasteiger charge is 2.51. The number of aliphatic hydroxyl groups excluding tert-OH is 11. The van der Waals surface area contributed by atoms with Gasteiger partial charge in [0.15, 0.2) is 24.2 Å². The lowest BCUT2D eigenvalue weighted by Crippen LogP contribution is -2.64. The minimum atomic E-state index is -2.42. The molecule has 0 aliphatic carbocycles. The summed E-state index contributed by atoms with van der Waals surface area (Å²) in [5.41, 5.74) is 0.582. The Bertz CT molecular complexity index is 2360. The van der Waals surface area contributed by atoms with E-state index < -0.39 is 190 Å². The molecule has 0 amide bonds. The van der Waals surface area contributed by atoms with Crippen LogP contribution in [0.15, 0.2) is 115 Å². The zero-order valence-corrected chi connectivity index (χ0v) is 47.2. The van der Waals surface area contributed by atoms with Crippen molar-refractivity contribution in [3.05, 3.63) is 121 Å². The second-order valence-electron chi connectivity index (χ2n) is 22.1. The number of carboxylic acids is 1. The summed E-state index contributed by atoms with van der Waals surface area (Å²) < 4.78 is 35.0. The molecular formula is C60H87NO22. The number of carbonyl (C=O) groups is 3. The number of allylic oxidation sites excluding steroid dienone is 12. The maximum absolute atomic E-state index is 13.4. The van der Waals surface area contributed by atoms with E-state index in [1.165, 1.54) is 19.1 Å². The van der Waals surface area contributed by atoms with Crippen LogP contribution in [-0.4, -0.2) is 213 Å². The number of cyclic esters (lactones) is 1. The third kappa shape index (κ3) is 21.6. The first-order valence-corrected chi connectivity index (χ1v) is 28.3. The largest absolute Gasteiger partial charge is 0.481 e. The fourth-order valence-electron chi connectivity index (χ4n) is 10.3. The van der Waals surface area contributed by atoms with Gasteiger partial charge in [0.25, 0.3) is 0 Å². The number of esters is 1. The zero-order valence-electron chi connectivity index (χ0n) is 47.2. The van der Waals surface area contributed by atoms with Crippen LogP contribution >= 0.6 is 0 Å². The summed E-state index contributed by atoms with van der Waals surface area (Å²) in [5, 5.41) is 146. The Morgan fingerprint density at radius 1 is 0.675 bits per heavy atom. The second-order valence-corrected chi connectivity index (χ2v) is 22.1. The Morgan fingerprint density at radius 3 is 1.92 bits per heavy atom. The van der Waals surface area contributed by atoms with E-state index in [4.69, 9.17) is 28.4 Å². The molecule has 3 fully saturated rings. The molecule has 23 heteroatoms. The molecular weight excluding hydrogens is 1090 g/mol. The zero-order chi connectivity index (χ0) is 61.0. The fraction of sp³-hybridized carbons (Fsp3) is 0.617. The van der Waals surface area contributed by atoms with Gasteiger partial charge in [-0.05, 0) is 33.1 Å². The Kier molecular flexibility index (Phi) is 28.2. The van der Waals surface area contributed by atoms with Crippen molar-refractivity contribution in [2.75, 3.05) is 13.2 Å². The van der Waals surface area contributed by atoms with Crippen LogP contribution in [0.3, 0.4) is 0 Å². The normalized spacial score (nSPS) is 39.6. The van der Waals surface area contributed by atoms with E-state index in [-0.39, 0.29) is 31.8 Å². The van der Waals surface area contributed by atoms with Gasteiger partial charge in [0, 0.05) is 43.1 Å². The van der Waals surface area contributed by atoms with Crippen molar-refractivity contribution in [1.29, 1.82) is 0 Å². The number of hydrogen-bond donors (Lipinski definition) is 14. The van der Waals surface area contributed by atoms with Gasteiger partial charge in [-0.1, -0.05) is 129 Å². The molecule has 1 aromatic rings. The van der Waals surface area contributed by atoms with Crippen molar-refractivity contribution in [3.63, 3.8) is 0 Å². The molecule has 3 saturated heterocycles. The minimum absolute atomic E-state index is 0.145. The van der Waals surface area contributed by atoms with Crippen LogP contribution < -0.4 is 5.32 Å². The summed E-state index contributed by atoms with van der Waals surface area (Å²) >= 11 is 0. The van der Waals surface area contributed by atoms with E-state index in [1.54, 1.807) is 117 Å². The molecule has 0 spiro atoms. The van der Waals surface area contributed by atoms with Crippen molar-refractivity contribution in [1.82, 2.24) is 5.32 Å².